The third-order valence-electron chi connectivity index (χ3n) is 5.95. The van der Waals surface area contributed by atoms with E-state index in [9.17, 15) is 22.8 Å². The Balaban J connectivity index is 1.56. The zero-order valence-electron chi connectivity index (χ0n) is 19.6. The van der Waals surface area contributed by atoms with Crippen molar-refractivity contribution in [3.05, 3.63) is 75.4 Å². The van der Waals surface area contributed by atoms with Crippen LogP contribution in [0.5, 0.6) is 0 Å². The van der Waals surface area contributed by atoms with Gasteiger partial charge in [-0.25, -0.2) is 32.8 Å². The van der Waals surface area contributed by atoms with E-state index < -0.39 is 46.9 Å². The summed E-state index contributed by atoms with van der Waals surface area (Å²) in [5.41, 5.74) is 1.53. The number of hydrogen-bond donors (Lipinski definition) is 2. The zero-order valence-corrected chi connectivity index (χ0v) is 19.6. The number of ether oxygens (including phenoxy) is 1. The summed E-state index contributed by atoms with van der Waals surface area (Å²) in [6, 6.07) is 3.97. The van der Waals surface area contributed by atoms with E-state index in [2.05, 4.69) is 20.5 Å². The van der Waals surface area contributed by atoms with Gasteiger partial charge in [0, 0.05) is 48.3 Å². The molecule has 3 heterocycles. The molecule has 2 N–H and O–H groups in total. The number of benzene rings is 1. The van der Waals surface area contributed by atoms with E-state index >= 15 is 0 Å². The number of nitrogens with one attached hydrogen (secondary N) is 2. The predicted molar refractivity (Wildman–Crippen MR) is 121 cm³/mol. The second-order valence-corrected chi connectivity index (χ2v) is 9.62. The van der Waals surface area contributed by atoms with Crippen LogP contribution in [-0.2, 0) is 17.6 Å². The fourth-order valence-electron chi connectivity index (χ4n) is 4.47. The second kappa shape index (κ2) is 8.54. The van der Waals surface area contributed by atoms with E-state index in [1.807, 2.05) is 0 Å². The highest BCUT2D eigenvalue weighted by molar-refractivity contribution is 5.68. The summed E-state index contributed by atoms with van der Waals surface area (Å²) in [6.07, 6.45) is 1.37. The average Bonchev–Trinajstić information content (AvgIpc) is 3.37. The van der Waals surface area contributed by atoms with Gasteiger partial charge in [0.1, 0.15) is 17.1 Å². The van der Waals surface area contributed by atoms with Crippen molar-refractivity contribution in [1.29, 1.82) is 0 Å². The van der Waals surface area contributed by atoms with Gasteiger partial charge in [0.2, 0.25) is 5.89 Å². The number of carbonyl (C=O) groups is 1. The van der Waals surface area contributed by atoms with Gasteiger partial charge in [0.15, 0.2) is 11.6 Å². The molecule has 2 unspecified atom stereocenters. The minimum absolute atomic E-state index is 0.0725. The standard InChI is InChI=1S/C24H22F3N5O4/c1-24(2,3)36-22(33)29-17-10-19-18(8-13(17)12-7-15(26)16(27)9-14(12)25)28-20-6-11(4-5-32(19)20)21-30-31-23(34)35-21/h4-7,9,13,17H,8,10H2,1-3H3,(H,29,33)(H,31,34). The summed E-state index contributed by atoms with van der Waals surface area (Å²) in [5.74, 6) is -4.75. The van der Waals surface area contributed by atoms with Crippen molar-refractivity contribution >= 4 is 11.7 Å². The van der Waals surface area contributed by atoms with Gasteiger partial charge in [-0.05, 0) is 44.5 Å². The molecule has 188 valence electrons. The van der Waals surface area contributed by atoms with Crippen molar-refractivity contribution in [2.24, 2.45) is 0 Å². The van der Waals surface area contributed by atoms with Crippen LogP contribution in [0.3, 0.4) is 0 Å². The average molecular weight is 501 g/mol. The van der Waals surface area contributed by atoms with Crippen LogP contribution >= 0.6 is 0 Å². The first-order valence-electron chi connectivity index (χ1n) is 11.2. The monoisotopic (exact) mass is 501 g/mol. The second-order valence-electron chi connectivity index (χ2n) is 9.62. The van der Waals surface area contributed by atoms with Crippen molar-refractivity contribution in [2.45, 2.75) is 51.2 Å². The first-order valence-corrected chi connectivity index (χ1v) is 11.2. The van der Waals surface area contributed by atoms with Gasteiger partial charge in [-0.3, -0.25) is 0 Å². The number of imidazole rings is 1. The summed E-state index contributed by atoms with van der Waals surface area (Å²) < 4.78 is 54.7. The maximum atomic E-state index is 14.8. The van der Waals surface area contributed by atoms with Crippen molar-refractivity contribution < 1.29 is 27.1 Å². The molecule has 1 aromatic carbocycles. The molecule has 0 spiro atoms. The number of alkyl carbamates (subject to hydrolysis) is 1. The van der Waals surface area contributed by atoms with Crippen molar-refractivity contribution in [2.75, 3.05) is 0 Å². The fourth-order valence-corrected chi connectivity index (χ4v) is 4.47. The largest absolute Gasteiger partial charge is 0.444 e. The number of aromatic amines is 1. The van der Waals surface area contributed by atoms with E-state index in [1.54, 1.807) is 43.5 Å². The maximum Gasteiger partial charge on any atom is 0.434 e. The van der Waals surface area contributed by atoms with E-state index in [0.717, 1.165) is 11.8 Å². The van der Waals surface area contributed by atoms with Crippen LogP contribution < -0.4 is 11.1 Å². The van der Waals surface area contributed by atoms with Gasteiger partial charge in [0.25, 0.3) is 0 Å². The molecule has 0 saturated carbocycles. The highest BCUT2D eigenvalue weighted by atomic mass is 19.2. The molecule has 36 heavy (non-hydrogen) atoms. The quantitative estimate of drug-likeness (QED) is 0.412. The molecule has 9 nitrogen and oxygen atoms in total. The van der Waals surface area contributed by atoms with Crippen LogP contribution in [0.4, 0.5) is 18.0 Å². The normalized spacial score (nSPS) is 17.7. The molecule has 0 aliphatic heterocycles. The Labute approximate surface area is 202 Å². The number of H-pyrrole nitrogens is 1. The lowest BCUT2D eigenvalue weighted by molar-refractivity contribution is 0.0493. The lowest BCUT2D eigenvalue weighted by atomic mass is 9.80. The number of rotatable bonds is 3. The Kier molecular flexibility index (Phi) is 5.61. The molecule has 12 heteroatoms. The summed E-state index contributed by atoms with van der Waals surface area (Å²) in [6.45, 7) is 5.13. The Hall–Kier alpha value is -4.09. The summed E-state index contributed by atoms with van der Waals surface area (Å²) in [7, 11) is 0. The van der Waals surface area contributed by atoms with E-state index in [1.165, 1.54) is 0 Å². The number of aromatic nitrogens is 4. The number of nitrogens with zero attached hydrogens (tertiary/aromatic N) is 3. The Morgan fingerprint density at radius 2 is 1.92 bits per heavy atom. The van der Waals surface area contributed by atoms with Gasteiger partial charge >= 0.3 is 11.8 Å². The fraction of sp³-hybridized carbons (Fsp3) is 0.333. The molecule has 0 fully saturated rings. The number of amides is 1. The third-order valence-corrected chi connectivity index (χ3v) is 5.95. The lowest BCUT2D eigenvalue weighted by Gasteiger charge is -2.33. The predicted octanol–water partition coefficient (Wildman–Crippen LogP) is 3.87. The first-order chi connectivity index (χ1) is 17.0. The minimum atomic E-state index is -1.30. The number of halogens is 3. The van der Waals surface area contributed by atoms with Crippen LogP contribution in [0, 0.1) is 17.5 Å². The zero-order chi connectivity index (χ0) is 25.8. The van der Waals surface area contributed by atoms with Gasteiger partial charge in [-0.1, -0.05) is 0 Å². The Morgan fingerprint density at radius 1 is 1.17 bits per heavy atom. The first kappa shape index (κ1) is 23.6. The molecule has 0 radical (unpaired) electrons. The molecule has 0 saturated heterocycles. The van der Waals surface area contributed by atoms with Crippen LogP contribution in [-0.4, -0.2) is 37.3 Å². The van der Waals surface area contributed by atoms with Gasteiger partial charge in [0.05, 0.1) is 5.69 Å². The smallest absolute Gasteiger partial charge is 0.434 e. The topological polar surface area (TPSA) is 115 Å². The molecule has 0 bridgehead atoms. The molecule has 4 aromatic rings. The molecule has 5 rings (SSSR count). The molecular formula is C24H22F3N5O4. The van der Waals surface area contributed by atoms with Crippen LogP contribution in [0.15, 0.2) is 39.7 Å². The van der Waals surface area contributed by atoms with E-state index in [-0.39, 0.29) is 24.3 Å². The lowest BCUT2D eigenvalue weighted by Crippen LogP contribution is -2.46. The molecule has 3 aromatic heterocycles. The molecular weight excluding hydrogens is 479 g/mol. The number of carbonyl (C=O) groups excluding carboxylic acids is 1. The number of pyridine rings is 1. The van der Waals surface area contributed by atoms with E-state index in [0.29, 0.717) is 23.0 Å². The number of hydrogen-bond acceptors (Lipinski definition) is 6. The molecule has 1 aliphatic carbocycles. The summed E-state index contributed by atoms with van der Waals surface area (Å²) in [4.78, 5) is 28.5. The highest BCUT2D eigenvalue weighted by Gasteiger charge is 2.36. The van der Waals surface area contributed by atoms with Crippen LogP contribution in [0.1, 0.15) is 43.6 Å². The maximum absolute atomic E-state index is 14.8. The minimum Gasteiger partial charge on any atom is -0.444 e. The molecule has 1 aliphatic rings. The van der Waals surface area contributed by atoms with Crippen molar-refractivity contribution in [3.63, 3.8) is 0 Å². The molecule has 2 atom stereocenters. The van der Waals surface area contributed by atoms with Gasteiger partial charge in [-0.15, -0.1) is 5.10 Å². The van der Waals surface area contributed by atoms with Crippen LogP contribution in [0.2, 0.25) is 0 Å². The summed E-state index contributed by atoms with van der Waals surface area (Å²) >= 11 is 0. The Bertz CT molecular complexity index is 1540. The highest BCUT2D eigenvalue weighted by Crippen LogP contribution is 2.36. The van der Waals surface area contributed by atoms with Gasteiger partial charge < -0.3 is 18.9 Å². The van der Waals surface area contributed by atoms with Crippen molar-refractivity contribution in [1.82, 2.24) is 24.9 Å². The third kappa shape index (κ3) is 4.45. The SMILES string of the molecule is CC(C)(C)OC(=O)NC1Cc2c(nc3cc(-c4n[nH]c(=O)o4)ccn23)CC1c1cc(F)c(F)cc1F. The molecule has 1 amide bonds. The van der Waals surface area contributed by atoms with E-state index in [4.69, 9.17) is 9.15 Å². The van der Waals surface area contributed by atoms with Gasteiger partial charge in [-0.2, -0.15) is 0 Å². The van der Waals surface area contributed by atoms with Crippen LogP contribution in [0.25, 0.3) is 17.1 Å². The Morgan fingerprint density at radius 3 is 2.61 bits per heavy atom. The van der Waals surface area contributed by atoms with Crippen molar-refractivity contribution in [3.8, 4) is 11.5 Å². The number of fused-ring (bicyclic) bond motifs is 3. The summed E-state index contributed by atoms with van der Waals surface area (Å²) in [5, 5.41) is 8.78.